The summed E-state index contributed by atoms with van der Waals surface area (Å²) in [7, 11) is 0. The Morgan fingerprint density at radius 3 is 2.47 bits per heavy atom. The second-order valence-corrected chi connectivity index (χ2v) is 3.08. The van der Waals surface area contributed by atoms with Crippen LogP contribution in [0.4, 0.5) is 10.1 Å². The van der Waals surface area contributed by atoms with Gasteiger partial charge in [-0.15, -0.1) is 0 Å². The molecule has 1 rings (SSSR count). The number of hydrogen-bond donors (Lipinski definition) is 0. The van der Waals surface area contributed by atoms with E-state index in [1.807, 2.05) is 6.92 Å². The number of nitrogens with zero attached hydrogens (tertiary/aromatic N) is 1. The van der Waals surface area contributed by atoms with Crippen LogP contribution in [-0.4, -0.2) is 18.7 Å². The van der Waals surface area contributed by atoms with Gasteiger partial charge in [0.05, 0.1) is 0 Å². The van der Waals surface area contributed by atoms with Gasteiger partial charge in [-0.05, 0) is 30.7 Å². The van der Waals surface area contributed by atoms with Gasteiger partial charge in [0.2, 0.25) is 6.29 Å². The van der Waals surface area contributed by atoms with Crippen LogP contribution in [0.5, 0.6) is 0 Å². The molecular formula is C11H12FNO2. The molecule has 0 aromatic heterocycles. The van der Waals surface area contributed by atoms with E-state index in [0.717, 1.165) is 6.42 Å². The van der Waals surface area contributed by atoms with Crippen LogP contribution in [0.3, 0.4) is 0 Å². The Bertz CT molecular complexity index is 348. The molecule has 0 heterocycles. The van der Waals surface area contributed by atoms with Gasteiger partial charge in [-0.25, -0.2) is 4.39 Å². The first-order chi connectivity index (χ1) is 7.19. The van der Waals surface area contributed by atoms with Crippen LogP contribution in [0.1, 0.15) is 13.3 Å². The van der Waals surface area contributed by atoms with Crippen LogP contribution in [-0.2, 0) is 9.59 Å². The second-order valence-electron chi connectivity index (χ2n) is 3.08. The predicted octanol–water partition coefficient (Wildman–Crippen LogP) is 1.77. The highest BCUT2D eigenvalue weighted by Gasteiger charge is 2.13. The van der Waals surface area contributed by atoms with Crippen LogP contribution in [0.25, 0.3) is 0 Å². The largest absolute Gasteiger partial charge is 0.306 e. The van der Waals surface area contributed by atoms with Crippen molar-refractivity contribution in [1.29, 1.82) is 0 Å². The highest BCUT2D eigenvalue weighted by Crippen LogP contribution is 2.14. The molecule has 15 heavy (non-hydrogen) atoms. The van der Waals surface area contributed by atoms with Crippen molar-refractivity contribution >= 4 is 17.9 Å². The zero-order valence-electron chi connectivity index (χ0n) is 8.44. The lowest BCUT2D eigenvalue weighted by Gasteiger charge is -2.19. The molecule has 0 saturated carbocycles. The number of carbonyl (C=O) groups excluding carboxylic acids is 2. The minimum atomic E-state index is -0.608. The zero-order valence-corrected chi connectivity index (χ0v) is 8.44. The summed E-state index contributed by atoms with van der Waals surface area (Å²) in [6.07, 6.45) is 0.996. The topological polar surface area (TPSA) is 37.4 Å². The van der Waals surface area contributed by atoms with Crippen molar-refractivity contribution < 1.29 is 14.0 Å². The van der Waals surface area contributed by atoms with Crippen LogP contribution in [0.15, 0.2) is 24.3 Å². The Labute approximate surface area is 87.5 Å². The number of amides is 1. The van der Waals surface area contributed by atoms with Crippen molar-refractivity contribution in [3.63, 3.8) is 0 Å². The minimum absolute atomic E-state index is 0.263. The Morgan fingerprint density at radius 2 is 2.00 bits per heavy atom. The van der Waals surface area contributed by atoms with E-state index < -0.39 is 5.91 Å². The summed E-state index contributed by atoms with van der Waals surface area (Å²) in [6, 6.07) is 5.48. The number of rotatable bonds is 4. The maximum atomic E-state index is 12.6. The number of benzene rings is 1. The van der Waals surface area contributed by atoms with E-state index in [0.29, 0.717) is 12.2 Å². The minimum Gasteiger partial charge on any atom is -0.306 e. The normalized spacial score (nSPS) is 9.73. The van der Waals surface area contributed by atoms with E-state index in [4.69, 9.17) is 0 Å². The molecule has 0 bridgehead atoms. The van der Waals surface area contributed by atoms with E-state index in [2.05, 4.69) is 0 Å². The van der Waals surface area contributed by atoms with E-state index in [9.17, 15) is 14.0 Å². The third-order valence-corrected chi connectivity index (χ3v) is 1.95. The van der Waals surface area contributed by atoms with Gasteiger partial charge in [-0.2, -0.15) is 0 Å². The number of anilines is 1. The number of carbonyl (C=O) groups is 2. The average molecular weight is 209 g/mol. The monoisotopic (exact) mass is 209 g/mol. The first kappa shape index (κ1) is 11.4. The van der Waals surface area contributed by atoms with Gasteiger partial charge >= 0.3 is 0 Å². The Kier molecular flexibility index (Phi) is 3.97. The SMILES string of the molecule is CCCN(C(=O)C=O)c1ccc(F)cc1. The molecule has 0 aliphatic rings. The smallest absolute Gasteiger partial charge is 0.291 e. The molecule has 80 valence electrons. The van der Waals surface area contributed by atoms with Gasteiger partial charge < -0.3 is 4.90 Å². The fourth-order valence-corrected chi connectivity index (χ4v) is 1.27. The highest BCUT2D eigenvalue weighted by molar-refractivity contribution is 6.30. The summed E-state index contributed by atoms with van der Waals surface area (Å²) in [6.45, 7) is 2.35. The Hall–Kier alpha value is -1.71. The summed E-state index contributed by atoms with van der Waals surface area (Å²) in [5.74, 6) is -0.975. The van der Waals surface area contributed by atoms with Crippen molar-refractivity contribution in [2.45, 2.75) is 13.3 Å². The van der Waals surface area contributed by atoms with Gasteiger partial charge in [0.1, 0.15) is 5.82 Å². The molecule has 0 unspecified atom stereocenters. The molecule has 0 aliphatic carbocycles. The number of halogens is 1. The van der Waals surface area contributed by atoms with Gasteiger partial charge in [0, 0.05) is 12.2 Å². The molecule has 0 N–H and O–H groups in total. The standard InChI is InChI=1S/C11H12FNO2/c1-2-7-13(11(15)8-14)10-5-3-9(12)4-6-10/h3-6,8H,2,7H2,1H3. The summed E-state index contributed by atoms with van der Waals surface area (Å²) in [4.78, 5) is 23.0. The number of hydrogen-bond acceptors (Lipinski definition) is 2. The van der Waals surface area contributed by atoms with E-state index in [1.54, 1.807) is 0 Å². The summed E-state index contributed by atoms with van der Waals surface area (Å²) < 4.78 is 12.6. The molecule has 4 heteroatoms. The fraction of sp³-hybridized carbons (Fsp3) is 0.273. The van der Waals surface area contributed by atoms with Crippen molar-refractivity contribution in [3.8, 4) is 0 Å². The van der Waals surface area contributed by atoms with Crippen LogP contribution >= 0.6 is 0 Å². The summed E-state index contributed by atoms with van der Waals surface area (Å²) >= 11 is 0. The molecule has 0 fully saturated rings. The van der Waals surface area contributed by atoms with Gasteiger partial charge in [-0.3, -0.25) is 9.59 Å². The third kappa shape index (κ3) is 2.87. The molecule has 0 saturated heterocycles. The molecule has 1 amide bonds. The molecule has 1 aromatic rings. The van der Waals surface area contributed by atoms with E-state index in [1.165, 1.54) is 29.2 Å². The summed E-state index contributed by atoms with van der Waals surface area (Å²) in [5, 5.41) is 0. The Morgan fingerprint density at radius 1 is 1.40 bits per heavy atom. The number of aldehydes is 1. The lowest BCUT2D eigenvalue weighted by atomic mass is 10.2. The average Bonchev–Trinajstić information content (AvgIpc) is 2.26. The van der Waals surface area contributed by atoms with Crippen LogP contribution in [0.2, 0.25) is 0 Å². The fourth-order valence-electron chi connectivity index (χ4n) is 1.27. The first-order valence-electron chi connectivity index (χ1n) is 4.71. The van der Waals surface area contributed by atoms with Gasteiger partial charge in [0.15, 0.2) is 0 Å². The highest BCUT2D eigenvalue weighted by atomic mass is 19.1. The maximum Gasteiger partial charge on any atom is 0.291 e. The summed E-state index contributed by atoms with van der Waals surface area (Å²) in [5.41, 5.74) is 0.537. The zero-order chi connectivity index (χ0) is 11.3. The molecule has 0 atom stereocenters. The molecule has 3 nitrogen and oxygen atoms in total. The van der Waals surface area contributed by atoms with Crippen molar-refractivity contribution in [2.75, 3.05) is 11.4 Å². The van der Waals surface area contributed by atoms with Gasteiger partial charge in [0.25, 0.3) is 5.91 Å². The molecular weight excluding hydrogens is 197 g/mol. The van der Waals surface area contributed by atoms with E-state index >= 15 is 0 Å². The predicted molar refractivity (Wildman–Crippen MR) is 55.1 cm³/mol. The lowest BCUT2D eigenvalue weighted by molar-refractivity contribution is -0.129. The maximum absolute atomic E-state index is 12.6. The Balaban J connectivity index is 2.93. The van der Waals surface area contributed by atoms with Crippen molar-refractivity contribution in [3.05, 3.63) is 30.1 Å². The lowest BCUT2D eigenvalue weighted by Crippen LogP contribution is -2.32. The van der Waals surface area contributed by atoms with Crippen molar-refractivity contribution in [2.24, 2.45) is 0 Å². The molecule has 1 aromatic carbocycles. The van der Waals surface area contributed by atoms with Crippen LogP contribution in [0, 0.1) is 5.82 Å². The first-order valence-corrected chi connectivity index (χ1v) is 4.71. The second kappa shape index (κ2) is 5.24. The van der Waals surface area contributed by atoms with E-state index in [-0.39, 0.29) is 12.1 Å². The third-order valence-electron chi connectivity index (χ3n) is 1.95. The van der Waals surface area contributed by atoms with Crippen molar-refractivity contribution in [1.82, 2.24) is 0 Å². The molecule has 0 radical (unpaired) electrons. The van der Waals surface area contributed by atoms with Crippen LogP contribution < -0.4 is 4.90 Å². The van der Waals surface area contributed by atoms with Gasteiger partial charge in [-0.1, -0.05) is 6.92 Å². The quantitative estimate of drug-likeness (QED) is 0.559. The molecule has 0 aliphatic heterocycles. The molecule has 0 spiro atoms.